The highest BCUT2D eigenvalue weighted by Gasteiger charge is 2.16. The third-order valence-corrected chi connectivity index (χ3v) is 4.00. The lowest BCUT2D eigenvalue weighted by atomic mass is 10.1. The van der Waals surface area contributed by atoms with Crippen LogP contribution in [0.3, 0.4) is 0 Å². The summed E-state index contributed by atoms with van der Waals surface area (Å²) in [7, 11) is 1.48. The normalized spacial score (nSPS) is 11.9. The van der Waals surface area contributed by atoms with Gasteiger partial charge in [-0.25, -0.2) is 4.79 Å². The minimum absolute atomic E-state index is 0.0311. The third-order valence-electron chi connectivity index (χ3n) is 4.00. The molecule has 1 unspecified atom stereocenters. The Morgan fingerprint density at radius 1 is 1.19 bits per heavy atom. The van der Waals surface area contributed by atoms with E-state index in [-0.39, 0.29) is 12.1 Å². The van der Waals surface area contributed by atoms with Crippen molar-refractivity contribution in [2.24, 2.45) is 0 Å². The number of methoxy groups -OCH3 is 1. The van der Waals surface area contributed by atoms with Crippen molar-refractivity contribution in [3.05, 3.63) is 76.1 Å². The number of para-hydroxylation sites is 1. The molecule has 6 nitrogen and oxygen atoms in total. The SMILES string of the molecule is COc1cccc2cc(C(=O)NCC(O)Cc3ccccc3)c(=O)oc12. The first kappa shape index (κ1) is 17.7. The number of hydrogen-bond acceptors (Lipinski definition) is 5. The molecule has 26 heavy (non-hydrogen) atoms. The molecule has 1 amide bonds. The van der Waals surface area contributed by atoms with Crippen LogP contribution in [0, 0.1) is 0 Å². The number of nitrogens with one attached hydrogen (secondary N) is 1. The Labute approximate surface area is 150 Å². The molecule has 0 bridgehead atoms. The number of fused-ring (bicyclic) bond motifs is 1. The van der Waals surface area contributed by atoms with E-state index >= 15 is 0 Å². The molecule has 0 radical (unpaired) electrons. The summed E-state index contributed by atoms with van der Waals surface area (Å²) in [5.41, 5.74) is 0.391. The summed E-state index contributed by atoms with van der Waals surface area (Å²) in [6.45, 7) is 0.0311. The van der Waals surface area contributed by atoms with Crippen molar-refractivity contribution >= 4 is 16.9 Å². The van der Waals surface area contributed by atoms with Gasteiger partial charge in [-0.2, -0.15) is 0 Å². The first-order valence-corrected chi connectivity index (χ1v) is 8.19. The zero-order chi connectivity index (χ0) is 18.5. The summed E-state index contributed by atoms with van der Waals surface area (Å²) >= 11 is 0. The molecular formula is C20H19NO5. The largest absolute Gasteiger partial charge is 0.493 e. The van der Waals surface area contributed by atoms with Gasteiger partial charge in [0.1, 0.15) is 5.56 Å². The molecule has 2 aromatic carbocycles. The molecule has 6 heteroatoms. The molecule has 0 aliphatic heterocycles. The van der Waals surface area contributed by atoms with Crippen molar-refractivity contribution in [3.8, 4) is 5.75 Å². The molecule has 2 N–H and O–H groups in total. The number of rotatable bonds is 6. The molecule has 0 spiro atoms. The Balaban J connectivity index is 1.71. The molecular weight excluding hydrogens is 334 g/mol. The van der Waals surface area contributed by atoms with Gasteiger partial charge in [0.2, 0.25) is 0 Å². The number of carbonyl (C=O) groups is 1. The molecule has 1 heterocycles. The molecule has 3 aromatic rings. The Hall–Kier alpha value is -3.12. The van der Waals surface area contributed by atoms with E-state index in [9.17, 15) is 14.7 Å². The summed E-state index contributed by atoms with van der Waals surface area (Å²) in [5.74, 6) is -0.166. The summed E-state index contributed by atoms with van der Waals surface area (Å²) in [6, 6.07) is 16.1. The molecule has 0 saturated heterocycles. The van der Waals surface area contributed by atoms with Crippen LogP contribution in [-0.4, -0.2) is 30.8 Å². The number of aliphatic hydroxyl groups excluding tert-OH is 1. The number of benzene rings is 2. The quantitative estimate of drug-likeness (QED) is 0.663. The Kier molecular flexibility index (Phi) is 5.34. The maximum atomic E-state index is 12.3. The van der Waals surface area contributed by atoms with Gasteiger partial charge in [-0.15, -0.1) is 0 Å². The third kappa shape index (κ3) is 3.92. The van der Waals surface area contributed by atoms with Crippen LogP contribution >= 0.6 is 0 Å². The predicted molar refractivity (Wildman–Crippen MR) is 97.5 cm³/mol. The number of aliphatic hydroxyl groups is 1. The molecule has 134 valence electrons. The van der Waals surface area contributed by atoms with Gasteiger partial charge in [0.15, 0.2) is 11.3 Å². The molecule has 0 saturated carbocycles. The van der Waals surface area contributed by atoms with Crippen LogP contribution in [0.5, 0.6) is 5.75 Å². The van der Waals surface area contributed by atoms with Crippen LogP contribution < -0.4 is 15.7 Å². The second kappa shape index (κ2) is 7.84. The van der Waals surface area contributed by atoms with Gasteiger partial charge >= 0.3 is 5.63 Å². The average molecular weight is 353 g/mol. The smallest absolute Gasteiger partial charge is 0.349 e. The maximum Gasteiger partial charge on any atom is 0.349 e. The maximum absolute atomic E-state index is 12.3. The van der Waals surface area contributed by atoms with Crippen molar-refractivity contribution in [1.29, 1.82) is 0 Å². The minimum Gasteiger partial charge on any atom is -0.493 e. The lowest BCUT2D eigenvalue weighted by molar-refractivity contribution is 0.0912. The van der Waals surface area contributed by atoms with Gasteiger partial charge in [0, 0.05) is 18.4 Å². The second-order valence-electron chi connectivity index (χ2n) is 5.88. The second-order valence-corrected chi connectivity index (χ2v) is 5.88. The van der Waals surface area contributed by atoms with E-state index in [2.05, 4.69) is 5.32 Å². The Bertz CT molecular complexity index is 965. The van der Waals surface area contributed by atoms with Crippen molar-refractivity contribution < 1.29 is 19.1 Å². The fraction of sp³-hybridized carbons (Fsp3) is 0.200. The van der Waals surface area contributed by atoms with Gasteiger partial charge in [-0.1, -0.05) is 42.5 Å². The Morgan fingerprint density at radius 3 is 2.69 bits per heavy atom. The first-order valence-electron chi connectivity index (χ1n) is 8.19. The highest BCUT2D eigenvalue weighted by atomic mass is 16.5. The number of carbonyl (C=O) groups excluding carboxylic acids is 1. The molecule has 1 aromatic heterocycles. The van der Waals surface area contributed by atoms with Crippen molar-refractivity contribution in [2.75, 3.05) is 13.7 Å². The molecule has 3 rings (SSSR count). The molecule has 0 aliphatic rings. The summed E-state index contributed by atoms with van der Waals surface area (Å²) in [6.07, 6.45) is -0.348. The van der Waals surface area contributed by atoms with E-state index in [0.717, 1.165) is 5.56 Å². The fourth-order valence-electron chi connectivity index (χ4n) is 2.70. The van der Waals surface area contributed by atoms with Crippen LogP contribution in [0.4, 0.5) is 0 Å². The minimum atomic E-state index is -0.756. The van der Waals surface area contributed by atoms with Crippen molar-refractivity contribution in [3.63, 3.8) is 0 Å². The number of amides is 1. The highest BCUT2D eigenvalue weighted by molar-refractivity contribution is 5.97. The first-order chi connectivity index (χ1) is 12.6. The van der Waals surface area contributed by atoms with Gasteiger partial charge in [0.25, 0.3) is 5.91 Å². The summed E-state index contributed by atoms with van der Waals surface area (Å²) in [4.78, 5) is 24.4. The van der Waals surface area contributed by atoms with Crippen LogP contribution in [0.15, 0.2) is 63.8 Å². The van der Waals surface area contributed by atoms with Gasteiger partial charge in [-0.05, 0) is 17.7 Å². The van der Waals surface area contributed by atoms with Crippen LogP contribution in [0.2, 0.25) is 0 Å². The van der Waals surface area contributed by atoms with E-state index in [1.54, 1.807) is 18.2 Å². The van der Waals surface area contributed by atoms with Gasteiger partial charge in [0.05, 0.1) is 13.2 Å². The average Bonchev–Trinajstić information content (AvgIpc) is 2.66. The van der Waals surface area contributed by atoms with Crippen LogP contribution in [0.1, 0.15) is 15.9 Å². The molecule has 0 fully saturated rings. The van der Waals surface area contributed by atoms with E-state index in [1.165, 1.54) is 13.2 Å². The zero-order valence-corrected chi connectivity index (χ0v) is 14.3. The highest BCUT2D eigenvalue weighted by Crippen LogP contribution is 2.24. The van der Waals surface area contributed by atoms with E-state index in [4.69, 9.17) is 9.15 Å². The standard InChI is InChI=1S/C20H19NO5/c1-25-17-9-5-8-14-11-16(20(24)26-18(14)17)19(23)21-12-15(22)10-13-6-3-2-4-7-13/h2-9,11,15,22H,10,12H2,1H3,(H,21,23). The summed E-state index contributed by atoms with van der Waals surface area (Å²) in [5, 5.41) is 13.2. The molecule has 1 atom stereocenters. The molecule has 0 aliphatic carbocycles. The Morgan fingerprint density at radius 2 is 1.96 bits per heavy atom. The predicted octanol–water partition coefficient (Wildman–Crippen LogP) is 2.13. The monoisotopic (exact) mass is 353 g/mol. The van der Waals surface area contributed by atoms with Crippen LogP contribution in [0.25, 0.3) is 11.0 Å². The van der Waals surface area contributed by atoms with Crippen molar-refractivity contribution in [2.45, 2.75) is 12.5 Å². The van der Waals surface area contributed by atoms with E-state index in [1.807, 2.05) is 30.3 Å². The van der Waals surface area contributed by atoms with Crippen LogP contribution in [-0.2, 0) is 6.42 Å². The van der Waals surface area contributed by atoms with Gasteiger partial charge < -0.3 is 19.6 Å². The number of ether oxygens (including phenoxy) is 1. The number of hydrogen-bond donors (Lipinski definition) is 2. The lowest BCUT2D eigenvalue weighted by Crippen LogP contribution is -2.35. The topological polar surface area (TPSA) is 88.8 Å². The summed E-state index contributed by atoms with van der Waals surface area (Å²) < 4.78 is 10.4. The zero-order valence-electron chi connectivity index (χ0n) is 14.3. The fourth-order valence-corrected chi connectivity index (χ4v) is 2.70. The lowest BCUT2D eigenvalue weighted by Gasteiger charge is -2.12. The van der Waals surface area contributed by atoms with E-state index < -0.39 is 17.6 Å². The van der Waals surface area contributed by atoms with Gasteiger partial charge in [-0.3, -0.25) is 4.79 Å². The van der Waals surface area contributed by atoms with E-state index in [0.29, 0.717) is 23.1 Å². The van der Waals surface area contributed by atoms with Crippen molar-refractivity contribution in [1.82, 2.24) is 5.32 Å².